The van der Waals surface area contributed by atoms with Gasteiger partial charge in [-0.2, -0.15) is 0 Å². The number of hydrogen-bond donors (Lipinski definition) is 1. The maximum Gasteiger partial charge on any atom is 0.339 e. The highest BCUT2D eigenvalue weighted by molar-refractivity contribution is 5.94. The van der Waals surface area contributed by atoms with E-state index in [1.807, 2.05) is 6.07 Å². The summed E-state index contributed by atoms with van der Waals surface area (Å²) < 4.78 is 12.9. The highest BCUT2D eigenvalue weighted by atomic mass is 16.5. The third-order valence-electron chi connectivity index (χ3n) is 7.12. The molecule has 4 heteroatoms. The summed E-state index contributed by atoms with van der Waals surface area (Å²) in [4.78, 5) is 12.3. The fourth-order valence-corrected chi connectivity index (χ4v) is 5.68. The van der Waals surface area contributed by atoms with E-state index >= 15 is 0 Å². The SMILES string of the molecule is CCCCCc1cc2c3c(c1C(=O)O)OC(C)C1CCC(C3C1)C(C)(C)O2. The smallest absolute Gasteiger partial charge is 0.339 e. The summed E-state index contributed by atoms with van der Waals surface area (Å²) in [6.07, 6.45) is 7.34. The van der Waals surface area contributed by atoms with Crippen molar-refractivity contribution in [3.05, 3.63) is 22.8 Å². The van der Waals surface area contributed by atoms with Crippen molar-refractivity contribution in [1.82, 2.24) is 0 Å². The topological polar surface area (TPSA) is 55.8 Å². The molecular weight excluding hydrogens is 340 g/mol. The van der Waals surface area contributed by atoms with Crippen LogP contribution in [-0.2, 0) is 6.42 Å². The predicted octanol–water partition coefficient (Wildman–Crippen LogP) is 5.57. The number of aromatic carboxylic acids is 1. The Labute approximate surface area is 162 Å². The van der Waals surface area contributed by atoms with Crippen molar-refractivity contribution in [2.45, 2.75) is 90.3 Å². The molecule has 4 nitrogen and oxygen atoms in total. The highest BCUT2D eigenvalue weighted by Gasteiger charge is 2.51. The van der Waals surface area contributed by atoms with Gasteiger partial charge in [0.2, 0.25) is 0 Å². The summed E-state index contributed by atoms with van der Waals surface area (Å²) in [5.41, 5.74) is 2.05. The van der Waals surface area contributed by atoms with Crippen molar-refractivity contribution in [1.29, 1.82) is 0 Å². The molecule has 1 aliphatic carbocycles. The normalized spacial score (nSPS) is 30.1. The summed E-state index contributed by atoms with van der Waals surface area (Å²) in [6.45, 7) is 8.65. The Morgan fingerprint density at radius 3 is 2.78 bits per heavy atom. The van der Waals surface area contributed by atoms with Crippen LogP contribution in [0, 0.1) is 11.8 Å². The first-order chi connectivity index (χ1) is 12.8. The quantitative estimate of drug-likeness (QED) is 0.687. The maximum atomic E-state index is 12.3. The zero-order valence-corrected chi connectivity index (χ0v) is 17.0. The molecule has 2 bridgehead atoms. The van der Waals surface area contributed by atoms with Gasteiger partial charge in [0, 0.05) is 11.5 Å². The van der Waals surface area contributed by atoms with E-state index in [1.165, 1.54) is 0 Å². The van der Waals surface area contributed by atoms with E-state index in [4.69, 9.17) is 9.47 Å². The standard InChI is InChI=1S/C23H32O4/c1-5-6-7-8-15-12-18-20-16-11-14(9-10-17(16)23(3,4)27-18)13(2)26-21(20)19(15)22(24)25/h12-14,16-17H,5-11H2,1-4H3,(H,24,25). The van der Waals surface area contributed by atoms with Crippen molar-refractivity contribution in [2.24, 2.45) is 11.8 Å². The van der Waals surface area contributed by atoms with Crippen molar-refractivity contribution >= 4 is 5.97 Å². The first kappa shape index (κ1) is 18.6. The molecule has 3 aliphatic rings. The van der Waals surface area contributed by atoms with Crippen molar-refractivity contribution in [3.8, 4) is 11.5 Å². The molecule has 1 saturated carbocycles. The van der Waals surface area contributed by atoms with Crippen LogP contribution in [0.15, 0.2) is 6.07 Å². The Kier molecular flexibility index (Phi) is 4.64. The van der Waals surface area contributed by atoms with Gasteiger partial charge in [-0.15, -0.1) is 0 Å². The molecule has 0 radical (unpaired) electrons. The van der Waals surface area contributed by atoms with Gasteiger partial charge < -0.3 is 14.6 Å². The van der Waals surface area contributed by atoms with Crippen LogP contribution in [0.4, 0.5) is 0 Å². The summed E-state index contributed by atoms with van der Waals surface area (Å²) in [5, 5.41) is 10.1. The minimum Gasteiger partial charge on any atom is -0.489 e. The van der Waals surface area contributed by atoms with Crippen LogP contribution in [0.3, 0.4) is 0 Å². The van der Waals surface area contributed by atoms with Gasteiger partial charge >= 0.3 is 5.97 Å². The molecule has 1 aromatic rings. The molecule has 0 aromatic heterocycles. The fourth-order valence-electron chi connectivity index (χ4n) is 5.68. The van der Waals surface area contributed by atoms with E-state index in [0.717, 1.165) is 61.8 Å². The summed E-state index contributed by atoms with van der Waals surface area (Å²) >= 11 is 0. The van der Waals surface area contributed by atoms with E-state index < -0.39 is 5.97 Å². The molecule has 1 aromatic carbocycles. The Morgan fingerprint density at radius 1 is 1.30 bits per heavy atom. The van der Waals surface area contributed by atoms with Gasteiger partial charge in [0.1, 0.15) is 22.7 Å². The molecule has 4 unspecified atom stereocenters. The minimum absolute atomic E-state index is 0.0488. The lowest BCUT2D eigenvalue weighted by Gasteiger charge is -2.48. The fraction of sp³-hybridized carbons (Fsp3) is 0.696. The molecule has 0 saturated heterocycles. The number of ether oxygens (including phenoxy) is 2. The monoisotopic (exact) mass is 372 g/mol. The van der Waals surface area contributed by atoms with Gasteiger partial charge in [-0.3, -0.25) is 0 Å². The second-order valence-electron chi connectivity index (χ2n) is 9.23. The van der Waals surface area contributed by atoms with Gasteiger partial charge in [-0.1, -0.05) is 19.8 Å². The zero-order valence-electron chi connectivity index (χ0n) is 17.0. The number of fused-ring (bicyclic) bond motifs is 1. The Hall–Kier alpha value is -1.71. The second kappa shape index (κ2) is 6.72. The lowest BCUT2D eigenvalue weighted by Crippen LogP contribution is -2.47. The van der Waals surface area contributed by atoms with Gasteiger partial charge in [-0.25, -0.2) is 4.79 Å². The van der Waals surface area contributed by atoms with Crippen LogP contribution in [0.1, 0.15) is 93.6 Å². The minimum atomic E-state index is -0.871. The van der Waals surface area contributed by atoms with E-state index in [-0.39, 0.29) is 11.7 Å². The van der Waals surface area contributed by atoms with E-state index in [2.05, 4.69) is 27.7 Å². The number of benzene rings is 1. The van der Waals surface area contributed by atoms with Crippen LogP contribution >= 0.6 is 0 Å². The number of hydrogen-bond acceptors (Lipinski definition) is 3. The van der Waals surface area contributed by atoms with E-state index in [0.29, 0.717) is 29.1 Å². The summed E-state index contributed by atoms with van der Waals surface area (Å²) in [7, 11) is 0. The Morgan fingerprint density at radius 2 is 2.07 bits per heavy atom. The molecule has 1 N–H and O–H groups in total. The van der Waals surface area contributed by atoms with Crippen molar-refractivity contribution in [2.75, 3.05) is 0 Å². The predicted molar refractivity (Wildman–Crippen MR) is 105 cm³/mol. The average Bonchev–Trinajstić information content (AvgIpc) is 2.70. The largest absolute Gasteiger partial charge is 0.489 e. The third-order valence-corrected chi connectivity index (χ3v) is 7.12. The van der Waals surface area contributed by atoms with Gasteiger partial charge in [0.15, 0.2) is 0 Å². The molecule has 4 rings (SSSR count). The lowest BCUT2D eigenvalue weighted by molar-refractivity contribution is -0.0180. The van der Waals surface area contributed by atoms with Crippen LogP contribution in [0.25, 0.3) is 0 Å². The number of aryl methyl sites for hydroxylation is 1. The molecule has 148 valence electrons. The summed E-state index contributed by atoms with van der Waals surface area (Å²) in [6, 6.07) is 2.01. The zero-order chi connectivity index (χ0) is 19.3. The van der Waals surface area contributed by atoms with Crippen LogP contribution in [0.2, 0.25) is 0 Å². The van der Waals surface area contributed by atoms with Gasteiger partial charge in [0.25, 0.3) is 0 Å². The van der Waals surface area contributed by atoms with Crippen LogP contribution in [-0.4, -0.2) is 22.8 Å². The van der Waals surface area contributed by atoms with E-state index in [1.54, 1.807) is 0 Å². The van der Waals surface area contributed by atoms with Crippen LogP contribution < -0.4 is 9.47 Å². The molecule has 4 atom stereocenters. The van der Waals surface area contributed by atoms with Gasteiger partial charge in [0.05, 0.1) is 6.10 Å². The molecule has 2 aliphatic heterocycles. The Bertz CT molecular complexity index is 751. The molecule has 27 heavy (non-hydrogen) atoms. The van der Waals surface area contributed by atoms with Gasteiger partial charge in [-0.05, 0) is 76.3 Å². The molecule has 0 amide bonds. The molecule has 2 heterocycles. The number of carboxylic acid groups (broad SMARTS) is 1. The van der Waals surface area contributed by atoms with Crippen molar-refractivity contribution < 1.29 is 19.4 Å². The Balaban J connectivity index is 1.90. The number of carbonyl (C=O) groups is 1. The summed E-state index contributed by atoms with van der Waals surface area (Å²) in [5.74, 6) is 1.85. The number of carboxylic acids is 1. The third kappa shape index (κ3) is 3.01. The molecular formula is C23H32O4. The maximum absolute atomic E-state index is 12.3. The first-order valence-corrected chi connectivity index (χ1v) is 10.6. The van der Waals surface area contributed by atoms with Crippen molar-refractivity contribution in [3.63, 3.8) is 0 Å². The molecule has 1 fully saturated rings. The lowest BCUT2D eigenvalue weighted by atomic mass is 9.63. The van der Waals surface area contributed by atoms with E-state index in [9.17, 15) is 9.90 Å². The van der Waals surface area contributed by atoms with Crippen LogP contribution in [0.5, 0.6) is 11.5 Å². The number of unbranched alkanes of at least 4 members (excludes halogenated alkanes) is 2. The highest BCUT2D eigenvalue weighted by Crippen LogP contribution is 2.59. The number of rotatable bonds is 5. The first-order valence-electron chi connectivity index (χ1n) is 10.6. The molecule has 0 spiro atoms. The average molecular weight is 373 g/mol. The second-order valence-corrected chi connectivity index (χ2v) is 9.23.